The number of aromatic amines is 1. The van der Waals surface area contributed by atoms with Crippen molar-refractivity contribution in [3.8, 4) is 0 Å². The first-order valence-electron chi connectivity index (χ1n) is 9.50. The lowest BCUT2D eigenvalue weighted by Crippen LogP contribution is -2.40. The average molecular weight is 377 g/mol. The summed E-state index contributed by atoms with van der Waals surface area (Å²) in [5.74, 6) is 0.455. The van der Waals surface area contributed by atoms with Crippen LogP contribution in [0.4, 0.5) is 0 Å². The van der Waals surface area contributed by atoms with Gasteiger partial charge >= 0.3 is 0 Å². The first kappa shape index (κ1) is 18.3. The van der Waals surface area contributed by atoms with E-state index in [-0.39, 0.29) is 24.1 Å². The number of nitrogens with one attached hydrogen (secondary N) is 1. The highest BCUT2D eigenvalue weighted by atomic mass is 16.2. The Bertz CT molecular complexity index is 1030. The molecule has 0 bridgehead atoms. The molecule has 7 nitrogen and oxygen atoms in total. The van der Waals surface area contributed by atoms with Crippen LogP contribution in [0.25, 0.3) is 10.9 Å². The highest BCUT2D eigenvalue weighted by Crippen LogP contribution is 2.26. The minimum absolute atomic E-state index is 0.0225. The summed E-state index contributed by atoms with van der Waals surface area (Å²) >= 11 is 0. The van der Waals surface area contributed by atoms with E-state index in [1.807, 2.05) is 24.3 Å². The van der Waals surface area contributed by atoms with E-state index in [0.717, 1.165) is 31.5 Å². The van der Waals surface area contributed by atoms with Gasteiger partial charge in [-0.15, -0.1) is 0 Å². The van der Waals surface area contributed by atoms with E-state index < -0.39 is 0 Å². The summed E-state index contributed by atoms with van der Waals surface area (Å²) in [4.78, 5) is 41.0. The van der Waals surface area contributed by atoms with E-state index in [2.05, 4.69) is 19.9 Å². The molecule has 1 aromatic carbocycles. The van der Waals surface area contributed by atoms with Crippen LogP contribution in [0.2, 0.25) is 0 Å². The third-order valence-electron chi connectivity index (χ3n) is 5.16. The van der Waals surface area contributed by atoms with Crippen LogP contribution in [0.3, 0.4) is 0 Å². The Hall–Kier alpha value is -3.06. The lowest BCUT2D eigenvalue weighted by atomic mass is 10.1. The van der Waals surface area contributed by atoms with Crippen molar-refractivity contribution in [2.24, 2.45) is 0 Å². The lowest BCUT2D eigenvalue weighted by molar-refractivity contribution is -0.136. The maximum Gasteiger partial charge on any atom is 0.258 e. The molecule has 1 fully saturated rings. The number of carbonyl (C=O) groups is 1. The number of nitrogens with zero attached hydrogens (tertiary/aromatic N) is 4. The van der Waals surface area contributed by atoms with Gasteiger partial charge in [0.2, 0.25) is 5.91 Å². The highest BCUT2D eigenvalue weighted by molar-refractivity contribution is 5.83. The second-order valence-electron chi connectivity index (χ2n) is 7.16. The minimum atomic E-state index is -0.367. The smallest absolute Gasteiger partial charge is 0.258 e. The fraction of sp³-hybridized carbons (Fsp3) is 0.333. The second kappa shape index (κ2) is 7.90. The lowest BCUT2D eigenvalue weighted by Gasteiger charge is -2.30. The molecule has 144 valence electrons. The summed E-state index contributed by atoms with van der Waals surface area (Å²) in [5.41, 5.74) is 1.33. The van der Waals surface area contributed by atoms with Gasteiger partial charge in [-0.25, -0.2) is 4.98 Å². The van der Waals surface area contributed by atoms with Gasteiger partial charge in [-0.3, -0.25) is 19.5 Å². The maximum absolute atomic E-state index is 13.3. The molecule has 28 heavy (non-hydrogen) atoms. The number of fused-ring (bicyclic) bond motifs is 1. The normalized spacial score (nSPS) is 15.6. The topological polar surface area (TPSA) is 82.2 Å². The van der Waals surface area contributed by atoms with Crippen LogP contribution >= 0.6 is 0 Å². The molecular formula is C21H23N5O2. The monoisotopic (exact) mass is 377 g/mol. The number of H-pyrrole nitrogens is 1. The summed E-state index contributed by atoms with van der Waals surface area (Å²) in [5, 5.41) is 0.547. The Labute approximate surface area is 163 Å². The summed E-state index contributed by atoms with van der Waals surface area (Å²) in [6.07, 6.45) is 5.65. The number of rotatable bonds is 5. The molecule has 1 aliphatic heterocycles. The van der Waals surface area contributed by atoms with Crippen molar-refractivity contribution in [2.75, 3.05) is 20.1 Å². The fourth-order valence-corrected chi connectivity index (χ4v) is 3.77. The summed E-state index contributed by atoms with van der Waals surface area (Å²) in [7, 11) is 1.75. The van der Waals surface area contributed by atoms with Crippen molar-refractivity contribution in [1.29, 1.82) is 0 Å². The molecule has 1 N–H and O–H groups in total. The van der Waals surface area contributed by atoms with Gasteiger partial charge in [0.1, 0.15) is 11.9 Å². The number of para-hydroxylation sites is 1. The number of pyridine rings is 1. The first-order chi connectivity index (χ1) is 13.6. The predicted octanol–water partition coefficient (Wildman–Crippen LogP) is 2.11. The van der Waals surface area contributed by atoms with Gasteiger partial charge in [0.05, 0.1) is 17.4 Å². The predicted molar refractivity (Wildman–Crippen MR) is 107 cm³/mol. The number of amides is 1. The molecule has 1 atom stereocenters. The third kappa shape index (κ3) is 3.66. The Kier molecular flexibility index (Phi) is 5.16. The molecule has 7 heteroatoms. The zero-order valence-corrected chi connectivity index (χ0v) is 15.8. The maximum atomic E-state index is 13.3. The zero-order chi connectivity index (χ0) is 19.5. The quantitative estimate of drug-likeness (QED) is 0.736. The second-order valence-corrected chi connectivity index (χ2v) is 7.16. The largest absolute Gasteiger partial charge is 0.337 e. The van der Waals surface area contributed by atoms with Crippen molar-refractivity contribution in [1.82, 2.24) is 24.8 Å². The molecule has 0 spiro atoms. The Morgan fingerprint density at radius 1 is 1.21 bits per heavy atom. The van der Waals surface area contributed by atoms with Gasteiger partial charge in [0.25, 0.3) is 5.56 Å². The van der Waals surface area contributed by atoms with Crippen LogP contribution in [0.5, 0.6) is 0 Å². The standard InChI is InChI=1S/C21H23N5O2/c1-25(14-18-23-17-9-3-2-8-16(17)20(27)24-18)21(28)19(26-11-4-5-12-26)15-7-6-10-22-13-15/h2-3,6-10,13,19H,4-5,11-12,14H2,1H3,(H,23,24,27)/t19-/m0/s1. The van der Waals surface area contributed by atoms with Crippen LogP contribution in [-0.2, 0) is 11.3 Å². The van der Waals surface area contributed by atoms with Crippen molar-refractivity contribution in [2.45, 2.75) is 25.4 Å². The SMILES string of the molecule is CN(Cc1nc2ccccc2c(=O)[nH]1)C(=O)[C@H](c1cccnc1)N1CCCC1. The van der Waals surface area contributed by atoms with Crippen LogP contribution < -0.4 is 5.56 Å². The van der Waals surface area contributed by atoms with E-state index in [9.17, 15) is 9.59 Å². The Morgan fingerprint density at radius 3 is 2.75 bits per heavy atom. The third-order valence-corrected chi connectivity index (χ3v) is 5.16. The van der Waals surface area contributed by atoms with E-state index >= 15 is 0 Å². The molecule has 0 saturated carbocycles. The minimum Gasteiger partial charge on any atom is -0.337 e. The number of likely N-dealkylation sites (tertiary alicyclic amines) is 1. The van der Waals surface area contributed by atoms with E-state index in [1.54, 1.807) is 36.5 Å². The van der Waals surface area contributed by atoms with E-state index in [0.29, 0.717) is 16.7 Å². The summed E-state index contributed by atoms with van der Waals surface area (Å²) in [6.45, 7) is 2.03. The van der Waals surface area contributed by atoms with Crippen LogP contribution in [0, 0.1) is 0 Å². The van der Waals surface area contributed by atoms with Gasteiger partial charge in [0, 0.05) is 19.4 Å². The van der Waals surface area contributed by atoms with Crippen molar-refractivity contribution in [3.05, 3.63) is 70.5 Å². The molecule has 1 aliphatic rings. The van der Waals surface area contributed by atoms with Gasteiger partial charge in [-0.1, -0.05) is 18.2 Å². The number of aromatic nitrogens is 3. The van der Waals surface area contributed by atoms with E-state index in [4.69, 9.17) is 0 Å². The number of hydrogen-bond acceptors (Lipinski definition) is 5. The Balaban J connectivity index is 1.60. The van der Waals surface area contributed by atoms with Gasteiger partial charge in [-0.2, -0.15) is 0 Å². The Morgan fingerprint density at radius 2 is 2.00 bits per heavy atom. The summed E-state index contributed by atoms with van der Waals surface area (Å²) in [6, 6.07) is 10.6. The number of likely N-dealkylation sites (N-methyl/N-ethyl adjacent to an activating group) is 1. The molecule has 0 aliphatic carbocycles. The first-order valence-corrected chi connectivity index (χ1v) is 9.50. The van der Waals surface area contributed by atoms with Crippen LogP contribution in [0.1, 0.15) is 30.3 Å². The van der Waals surface area contributed by atoms with Crippen molar-refractivity contribution < 1.29 is 4.79 Å². The summed E-state index contributed by atoms with van der Waals surface area (Å²) < 4.78 is 0. The number of hydrogen-bond donors (Lipinski definition) is 1. The van der Waals surface area contributed by atoms with Gasteiger partial charge in [0.15, 0.2) is 0 Å². The number of benzene rings is 1. The highest BCUT2D eigenvalue weighted by Gasteiger charge is 2.32. The van der Waals surface area contributed by atoms with Crippen LogP contribution in [0.15, 0.2) is 53.6 Å². The molecule has 3 aromatic rings. The van der Waals surface area contributed by atoms with Gasteiger partial charge in [-0.05, 0) is 49.7 Å². The van der Waals surface area contributed by atoms with Crippen molar-refractivity contribution in [3.63, 3.8) is 0 Å². The average Bonchev–Trinajstić information content (AvgIpc) is 3.23. The number of carbonyl (C=O) groups excluding carboxylic acids is 1. The molecule has 0 unspecified atom stereocenters. The zero-order valence-electron chi connectivity index (χ0n) is 15.8. The van der Waals surface area contributed by atoms with Gasteiger partial charge < -0.3 is 9.88 Å². The molecule has 1 saturated heterocycles. The molecule has 0 radical (unpaired) electrons. The molecule has 4 rings (SSSR count). The molecule has 2 aromatic heterocycles. The molecule has 3 heterocycles. The molecule has 1 amide bonds. The fourth-order valence-electron chi connectivity index (χ4n) is 3.77. The molecular weight excluding hydrogens is 354 g/mol. The van der Waals surface area contributed by atoms with Crippen LogP contribution in [-0.4, -0.2) is 50.8 Å². The van der Waals surface area contributed by atoms with E-state index in [1.165, 1.54) is 0 Å². The van der Waals surface area contributed by atoms with Crippen molar-refractivity contribution >= 4 is 16.8 Å².